The minimum absolute atomic E-state index is 0.00324. The minimum Gasteiger partial charge on any atom is -0.497 e. The Balaban J connectivity index is 1.62. The summed E-state index contributed by atoms with van der Waals surface area (Å²) in [5, 5.41) is 21.2. The first-order chi connectivity index (χ1) is 16.4. The van der Waals surface area contributed by atoms with E-state index >= 15 is 0 Å². The Morgan fingerprint density at radius 2 is 1.74 bits per heavy atom. The second kappa shape index (κ2) is 11.9. The average Bonchev–Trinajstić information content (AvgIpc) is 2.85. The Morgan fingerprint density at radius 3 is 2.32 bits per heavy atom. The number of methoxy groups -OCH3 is 1. The van der Waals surface area contributed by atoms with Crippen molar-refractivity contribution in [3.05, 3.63) is 98.1 Å². The molecule has 0 aromatic heterocycles. The molecule has 3 aromatic carbocycles. The number of nitrogens with one attached hydrogen (secondary N) is 1. The normalized spacial score (nSPS) is 10.8. The molecule has 0 fully saturated rings. The lowest BCUT2D eigenvalue weighted by atomic mass is 10.1. The number of rotatable bonds is 9. The number of ether oxygens (including phenoxy) is 2. The van der Waals surface area contributed by atoms with E-state index in [1.165, 1.54) is 18.2 Å². The van der Waals surface area contributed by atoms with Crippen molar-refractivity contribution in [2.45, 2.75) is 13.2 Å². The number of nitrogens with zero attached hydrogens (tertiary/aromatic N) is 1. The van der Waals surface area contributed by atoms with Crippen LogP contribution in [0.4, 0.5) is 0 Å². The number of carbonyl (C=O) groups excluding carboxylic acids is 1. The molecular weight excluding hydrogens is 547 g/mol. The van der Waals surface area contributed by atoms with Crippen LogP contribution in [-0.4, -0.2) is 24.1 Å². The SMILES string of the molecule is COc1ccc(CNC(=O)/C(C#N)=C\c2ccc(OCc3ccc(C(=O)O)cc3)c(I)c2)cc1. The molecule has 0 saturated heterocycles. The summed E-state index contributed by atoms with van der Waals surface area (Å²) in [5.41, 5.74) is 2.64. The summed E-state index contributed by atoms with van der Waals surface area (Å²) in [6.07, 6.45) is 1.53. The Kier molecular flexibility index (Phi) is 8.65. The van der Waals surface area contributed by atoms with E-state index in [2.05, 4.69) is 27.9 Å². The molecule has 0 radical (unpaired) electrons. The van der Waals surface area contributed by atoms with Crippen LogP contribution < -0.4 is 14.8 Å². The second-order valence-electron chi connectivity index (χ2n) is 7.18. The van der Waals surface area contributed by atoms with Crippen LogP contribution in [0.3, 0.4) is 0 Å². The lowest BCUT2D eigenvalue weighted by molar-refractivity contribution is -0.117. The highest BCUT2D eigenvalue weighted by Gasteiger charge is 2.10. The predicted octanol–water partition coefficient (Wildman–Crippen LogP) is 4.80. The standard InChI is InChI=1S/C26H21IN2O5/c1-33-22-9-4-17(5-10-22)15-29-25(30)21(14-28)12-19-6-11-24(23(27)13-19)34-16-18-2-7-20(8-3-18)26(31)32/h2-13H,15-16H2,1H3,(H,29,30)(H,31,32)/b21-12-. The fourth-order valence-electron chi connectivity index (χ4n) is 2.96. The van der Waals surface area contributed by atoms with Crippen LogP contribution in [0.2, 0.25) is 0 Å². The molecule has 0 spiro atoms. The van der Waals surface area contributed by atoms with Crippen molar-refractivity contribution >= 4 is 40.5 Å². The third kappa shape index (κ3) is 6.83. The molecular formula is C26H21IN2O5. The van der Waals surface area contributed by atoms with Crippen LogP contribution in [0.25, 0.3) is 6.08 Å². The molecule has 2 N–H and O–H groups in total. The largest absolute Gasteiger partial charge is 0.497 e. The molecule has 0 aliphatic carbocycles. The Morgan fingerprint density at radius 1 is 1.06 bits per heavy atom. The smallest absolute Gasteiger partial charge is 0.335 e. The minimum atomic E-state index is -0.975. The molecule has 8 heteroatoms. The summed E-state index contributed by atoms with van der Waals surface area (Å²) < 4.78 is 11.8. The third-order valence-corrected chi connectivity index (χ3v) is 5.68. The first-order valence-electron chi connectivity index (χ1n) is 10.2. The number of amides is 1. The van der Waals surface area contributed by atoms with Crippen LogP contribution >= 0.6 is 22.6 Å². The summed E-state index contributed by atoms with van der Waals surface area (Å²) in [7, 11) is 1.59. The number of nitriles is 1. The van der Waals surface area contributed by atoms with Gasteiger partial charge in [0.1, 0.15) is 29.7 Å². The first-order valence-corrected chi connectivity index (χ1v) is 11.2. The first kappa shape index (κ1) is 24.8. The van der Waals surface area contributed by atoms with Gasteiger partial charge < -0.3 is 19.9 Å². The van der Waals surface area contributed by atoms with Gasteiger partial charge in [-0.25, -0.2) is 4.79 Å². The maximum atomic E-state index is 12.5. The molecule has 7 nitrogen and oxygen atoms in total. The summed E-state index contributed by atoms with van der Waals surface area (Å²) in [6.45, 7) is 0.571. The van der Waals surface area contributed by atoms with Gasteiger partial charge in [-0.3, -0.25) is 4.79 Å². The van der Waals surface area contributed by atoms with E-state index < -0.39 is 11.9 Å². The van der Waals surface area contributed by atoms with Crippen molar-refractivity contribution in [3.8, 4) is 17.6 Å². The summed E-state index contributed by atoms with van der Waals surface area (Å²) in [4.78, 5) is 23.4. The maximum Gasteiger partial charge on any atom is 0.335 e. The van der Waals surface area contributed by atoms with Gasteiger partial charge in [-0.2, -0.15) is 5.26 Å². The molecule has 0 heterocycles. The van der Waals surface area contributed by atoms with E-state index in [1.54, 1.807) is 43.5 Å². The van der Waals surface area contributed by atoms with Crippen molar-refractivity contribution < 1.29 is 24.2 Å². The average molecular weight is 568 g/mol. The van der Waals surface area contributed by atoms with Crippen molar-refractivity contribution in [2.24, 2.45) is 0 Å². The zero-order chi connectivity index (χ0) is 24.5. The second-order valence-corrected chi connectivity index (χ2v) is 8.34. The highest BCUT2D eigenvalue weighted by atomic mass is 127. The molecule has 34 heavy (non-hydrogen) atoms. The summed E-state index contributed by atoms with van der Waals surface area (Å²) in [6, 6.07) is 21.1. The third-order valence-electron chi connectivity index (χ3n) is 4.84. The monoisotopic (exact) mass is 568 g/mol. The molecule has 1 amide bonds. The van der Waals surface area contributed by atoms with Crippen LogP contribution in [0.15, 0.2) is 72.3 Å². The summed E-state index contributed by atoms with van der Waals surface area (Å²) >= 11 is 2.12. The molecule has 172 valence electrons. The van der Waals surface area contributed by atoms with Crippen molar-refractivity contribution in [1.82, 2.24) is 5.32 Å². The number of carboxylic acid groups (broad SMARTS) is 1. The van der Waals surface area contributed by atoms with Crippen LogP contribution in [0.5, 0.6) is 11.5 Å². The van der Waals surface area contributed by atoms with Gasteiger partial charge in [-0.05, 0) is 81.8 Å². The molecule has 0 unspecified atom stereocenters. The lowest BCUT2D eigenvalue weighted by Gasteiger charge is -2.10. The van der Waals surface area contributed by atoms with Gasteiger partial charge in [0.15, 0.2) is 0 Å². The highest BCUT2D eigenvalue weighted by molar-refractivity contribution is 14.1. The molecule has 0 atom stereocenters. The number of benzene rings is 3. The Hall–Kier alpha value is -3.84. The number of aromatic carboxylic acids is 1. The van der Waals surface area contributed by atoms with E-state index in [1.807, 2.05) is 24.3 Å². The van der Waals surface area contributed by atoms with Gasteiger partial charge >= 0.3 is 5.97 Å². The number of hydrogen-bond donors (Lipinski definition) is 2. The highest BCUT2D eigenvalue weighted by Crippen LogP contribution is 2.24. The van der Waals surface area contributed by atoms with Crippen molar-refractivity contribution in [1.29, 1.82) is 5.26 Å². The fourth-order valence-corrected chi connectivity index (χ4v) is 3.66. The van der Waals surface area contributed by atoms with Crippen LogP contribution in [-0.2, 0) is 17.9 Å². The maximum absolute atomic E-state index is 12.5. The predicted molar refractivity (Wildman–Crippen MR) is 135 cm³/mol. The number of carboxylic acids is 1. The molecule has 3 rings (SSSR count). The van der Waals surface area contributed by atoms with E-state index in [4.69, 9.17) is 14.6 Å². The zero-order valence-corrected chi connectivity index (χ0v) is 20.4. The van der Waals surface area contributed by atoms with E-state index in [9.17, 15) is 14.9 Å². The number of hydrogen-bond acceptors (Lipinski definition) is 5. The van der Waals surface area contributed by atoms with E-state index in [-0.39, 0.29) is 17.7 Å². The number of carbonyl (C=O) groups is 2. The van der Waals surface area contributed by atoms with E-state index in [0.717, 1.165) is 20.4 Å². The molecule has 0 aliphatic heterocycles. The van der Waals surface area contributed by atoms with Crippen molar-refractivity contribution in [3.63, 3.8) is 0 Å². The number of halogens is 1. The van der Waals surface area contributed by atoms with Crippen molar-refractivity contribution in [2.75, 3.05) is 7.11 Å². The molecule has 0 aliphatic rings. The molecule has 0 bridgehead atoms. The van der Waals surface area contributed by atoms with Crippen LogP contribution in [0, 0.1) is 14.9 Å². The lowest BCUT2D eigenvalue weighted by Crippen LogP contribution is -2.23. The van der Waals surface area contributed by atoms with E-state index in [0.29, 0.717) is 17.9 Å². The van der Waals surface area contributed by atoms with Gasteiger partial charge in [0.2, 0.25) is 0 Å². The Labute approximate surface area is 210 Å². The molecule has 0 saturated carbocycles. The van der Waals surface area contributed by atoms with Gasteiger partial charge in [0.05, 0.1) is 16.2 Å². The topological polar surface area (TPSA) is 109 Å². The Bertz CT molecular complexity index is 1250. The fraction of sp³-hybridized carbons (Fsp3) is 0.115. The zero-order valence-electron chi connectivity index (χ0n) is 18.2. The van der Waals surface area contributed by atoms with Gasteiger partial charge in [0.25, 0.3) is 5.91 Å². The van der Waals surface area contributed by atoms with Gasteiger partial charge in [0, 0.05) is 6.54 Å². The van der Waals surface area contributed by atoms with Gasteiger partial charge in [-0.15, -0.1) is 0 Å². The van der Waals surface area contributed by atoms with Crippen LogP contribution in [0.1, 0.15) is 27.0 Å². The summed E-state index contributed by atoms with van der Waals surface area (Å²) in [5.74, 6) is -0.0661. The quantitative estimate of drug-likeness (QED) is 0.218. The van der Waals surface area contributed by atoms with Gasteiger partial charge in [-0.1, -0.05) is 30.3 Å². The molecule has 3 aromatic rings.